The lowest BCUT2D eigenvalue weighted by atomic mass is 10.0. The van der Waals surface area contributed by atoms with Gasteiger partial charge in [-0.25, -0.2) is 15.0 Å². The van der Waals surface area contributed by atoms with Gasteiger partial charge in [-0.1, -0.05) is 0 Å². The van der Waals surface area contributed by atoms with E-state index < -0.39 is 0 Å². The molecule has 2 aliphatic rings. The van der Waals surface area contributed by atoms with E-state index in [1.165, 1.54) is 0 Å². The Morgan fingerprint density at radius 2 is 2.20 bits per heavy atom. The molecule has 2 aromatic rings. The van der Waals surface area contributed by atoms with Gasteiger partial charge >= 0.3 is 0 Å². The van der Waals surface area contributed by atoms with E-state index in [0.29, 0.717) is 18.9 Å². The quantitative estimate of drug-likeness (QED) is 0.890. The van der Waals surface area contributed by atoms with Crippen LogP contribution in [0.3, 0.4) is 0 Å². The van der Waals surface area contributed by atoms with Crippen LogP contribution in [-0.4, -0.2) is 49.5 Å². The number of rotatable bonds is 4. The van der Waals surface area contributed by atoms with Gasteiger partial charge in [0.2, 0.25) is 11.7 Å². The second-order valence-electron chi connectivity index (χ2n) is 6.72. The summed E-state index contributed by atoms with van der Waals surface area (Å²) in [5.74, 6) is 1.25. The Morgan fingerprint density at radius 1 is 1.36 bits per heavy atom. The molecule has 2 atom stereocenters. The lowest BCUT2D eigenvalue weighted by molar-refractivity contribution is -0.131. The van der Waals surface area contributed by atoms with Crippen LogP contribution < -0.4 is 5.32 Å². The molecular formula is C17H19N7O. The molecular weight excluding hydrogens is 318 g/mol. The van der Waals surface area contributed by atoms with Crippen LogP contribution >= 0.6 is 0 Å². The number of nitrogens with one attached hydrogen (secondary N) is 1. The number of carbonyl (C=O) groups is 1. The van der Waals surface area contributed by atoms with Gasteiger partial charge in [-0.3, -0.25) is 4.79 Å². The van der Waals surface area contributed by atoms with Crippen LogP contribution in [0.15, 0.2) is 24.8 Å². The summed E-state index contributed by atoms with van der Waals surface area (Å²) in [6, 6.07) is 3.68. The van der Waals surface area contributed by atoms with Crippen molar-refractivity contribution in [2.45, 2.75) is 24.8 Å². The molecule has 8 heteroatoms. The number of likely N-dealkylation sites (tertiary alicyclic amines) is 1. The summed E-state index contributed by atoms with van der Waals surface area (Å²) < 4.78 is 1.91. The minimum atomic E-state index is -0.000886. The van der Waals surface area contributed by atoms with Gasteiger partial charge in [0, 0.05) is 44.4 Å². The first-order valence-corrected chi connectivity index (χ1v) is 8.40. The molecule has 1 saturated heterocycles. The maximum absolute atomic E-state index is 12.5. The number of nitriles is 1. The van der Waals surface area contributed by atoms with Crippen LogP contribution in [0.5, 0.6) is 0 Å². The molecule has 0 spiro atoms. The highest BCUT2D eigenvalue weighted by Gasteiger charge is 2.42. The van der Waals surface area contributed by atoms with Gasteiger partial charge in [0.05, 0.1) is 18.1 Å². The summed E-state index contributed by atoms with van der Waals surface area (Å²) in [6.45, 7) is 1.27. The van der Waals surface area contributed by atoms with E-state index in [0.717, 1.165) is 18.5 Å². The first-order valence-electron chi connectivity index (χ1n) is 8.40. The molecule has 0 unspecified atom stereocenters. The van der Waals surface area contributed by atoms with Crippen molar-refractivity contribution >= 4 is 11.7 Å². The molecule has 2 fully saturated rings. The zero-order valence-electron chi connectivity index (χ0n) is 14.0. The van der Waals surface area contributed by atoms with Crippen molar-refractivity contribution in [3.63, 3.8) is 0 Å². The van der Waals surface area contributed by atoms with Crippen molar-refractivity contribution < 1.29 is 4.79 Å². The van der Waals surface area contributed by atoms with E-state index in [1.807, 2.05) is 28.8 Å². The van der Waals surface area contributed by atoms with Crippen molar-refractivity contribution in [3.05, 3.63) is 36.3 Å². The predicted molar refractivity (Wildman–Crippen MR) is 89.4 cm³/mol. The maximum Gasteiger partial charge on any atom is 0.234 e. The highest BCUT2D eigenvalue weighted by Crippen LogP contribution is 2.35. The Hall–Kier alpha value is -2.95. The Labute approximate surface area is 145 Å². The van der Waals surface area contributed by atoms with Gasteiger partial charge < -0.3 is 14.8 Å². The van der Waals surface area contributed by atoms with E-state index in [-0.39, 0.29) is 29.6 Å². The molecule has 0 bridgehead atoms. The molecule has 1 N–H and O–H groups in total. The summed E-state index contributed by atoms with van der Waals surface area (Å²) in [5.41, 5.74) is 0.959. The number of aromatic nitrogens is 4. The smallest absolute Gasteiger partial charge is 0.234 e. The minimum absolute atomic E-state index is 0.000886. The Morgan fingerprint density at radius 3 is 2.88 bits per heavy atom. The van der Waals surface area contributed by atoms with Crippen molar-refractivity contribution in [3.8, 4) is 6.07 Å². The van der Waals surface area contributed by atoms with E-state index in [2.05, 4.69) is 20.3 Å². The van der Waals surface area contributed by atoms with Crippen LogP contribution in [-0.2, 0) is 11.8 Å². The first-order chi connectivity index (χ1) is 12.1. The molecule has 0 radical (unpaired) electrons. The number of aryl methyl sites for hydroxylation is 1. The Balaban J connectivity index is 1.57. The van der Waals surface area contributed by atoms with E-state index in [9.17, 15) is 4.79 Å². The molecule has 0 aromatic carbocycles. The van der Waals surface area contributed by atoms with Gasteiger partial charge in [0.15, 0.2) is 0 Å². The van der Waals surface area contributed by atoms with Crippen molar-refractivity contribution in [2.24, 2.45) is 13.0 Å². The van der Waals surface area contributed by atoms with Crippen LogP contribution in [0, 0.1) is 17.2 Å². The molecule has 8 nitrogen and oxygen atoms in total. The van der Waals surface area contributed by atoms with Crippen LogP contribution in [0.2, 0.25) is 0 Å². The standard InChI is InChI=1S/C17H19N7O/c1-23-8-13(20-10-23)12-7-24(17(25)11-2-3-11)9-14(12)21-15-4-5-19-16(6-18)22-15/h4-5,8,10-12,14H,2-3,7,9H2,1H3,(H,19,21,22)/t12-,14+/m0/s1. The van der Waals surface area contributed by atoms with E-state index in [4.69, 9.17) is 5.26 Å². The SMILES string of the molecule is Cn1cnc([C@@H]2CN(C(=O)C3CC3)C[C@H]2Nc2ccnc(C#N)n2)c1. The van der Waals surface area contributed by atoms with Gasteiger partial charge in [-0.2, -0.15) is 5.26 Å². The third kappa shape index (κ3) is 3.18. The molecule has 4 rings (SSSR count). The molecule has 1 amide bonds. The average Bonchev–Trinajstić information content (AvgIpc) is 3.26. The van der Waals surface area contributed by atoms with Gasteiger partial charge in [-0.15, -0.1) is 0 Å². The summed E-state index contributed by atoms with van der Waals surface area (Å²) in [4.78, 5) is 27.0. The number of amides is 1. The lowest BCUT2D eigenvalue weighted by Crippen LogP contribution is -2.32. The average molecular weight is 337 g/mol. The van der Waals surface area contributed by atoms with Gasteiger partial charge in [-0.05, 0) is 18.9 Å². The van der Waals surface area contributed by atoms with Gasteiger partial charge in [0.25, 0.3) is 0 Å². The third-order valence-corrected chi connectivity index (χ3v) is 4.75. The summed E-state index contributed by atoms with van der Waals surface area (Å²) in [5, 5.41) is 12.3. The Kier molecular flexibility index (Phi) is 3.84. The number of anilines is 1. The minimum Gasteiger partial charge on any atom is -0.365 e. The normalized spacial score (nSPS) is 22.6. The number of imidazole rings is 1. The number of hydrogen-bond donors (Lipinski definition) is 1. The topological polar surface area (TPSA) is 99.7 Å². The van der Waals surface area contributed by atoms with Gasteiger partial charge in [0.1, 0.15) is 11.9 Å². The summed E-state index contributed by atoms with van der Waals surface area (Å²) >= 11 is 0. The lowest BCUT2D eigenvalue weighted by Gasteiger charge is -2.18. The highest BCUT2D eigenvalue weighted by atomic mass is 16.2. The zero-order valence-corrected chi connectivity index (χ0v) is 14.0. The molecule has 128 valence electrons. The molecule has 1 saturated carbocycles. The van der Waals surface area contributed by atoms with Crippen LogP contribution in [0.25, 0.3) is 0 Å². The monoisotopic (exact) mass is 337 g/mol. The summed E-state index contributed by atoms with van der Waals surface area (Å²) in [6.07, 6.45) is 7.32. The van der Waals surface area contributed by atoms with E-state index in [1.54, 1.807) is 18.6 Å². The molecule has 25 heavy (non-hydrogen) atoms. The van der Waals surface area contributed by atoms with E-state index >= 15 is 0 Å². The molecule has 1 aliphatic heterocycles. The van der Waals surface area contributed by atoms with Crippen molar-refractivity contribution in [1.82, 2.24) is 24.4 Å². The predicted octanol–water partition coefficient (Wildman–Crippen LogP) is 0.898. The summed E-state index contributed by atoms with van der Waals surface area (Å²) in [7, 11) is 1.94. The number of carbonyl (C=O) groups excluding carboxylic acids is 1. The fourth-order valence-electron chi connectivity index (χ4n) is 3.33. The van der Waals surface area contributed by atoms with Crippen molar-refractivity contribution in [2.75, 3.05) is 18.4 Å². The highest BCUT2D eigenvalue weighted by molar-refractivity contribution is 5.81. The number of nitrogens with zero attached hydrogens (tertiary/aromatic N) is 6. The third-order valence-electron chi connectivity index (χ3n) is 4.75. The van der Waals surface area contributed by atoms with Crippen LogP contribution in [0.1, 0.15) is 30.3 Å². The molecule has 3 heterocycles. The number of hydrogen-bond acceptors (Lipinski definition) is 6. The Bertz CT molecular complexity index is 836. The fourth-order valence-corrected chi connectivity index (χ4v) is 3.33. The van der Waals surface area contributed by atoms with Crippen LogP contribution in [0.4, 0.5) is 5.82 Å². The molecule has 1 aliphatic carbocycles. The largest absolute Gasteiger partial charge is 0.365 e. The fraction of sp³-hybridized carbons (Fsp3) is 0.471. The molecule has 2 aromatic heterocycles. The first kappa shape index (κ1) is 15.6. The second kappa shape index (κ2) is 6.16. The maximum atomic E-state index is 12.5. The van der Waals surface area contributed by atoms with Crippen molar-refractivity contribution in [1.29, 1.82) is 5.26 Å². The zero-order chi connectivity index (χ0) is 17.4. The second-order valence-corrected chi connectivity index (χ2v) is 6.72.